The van der Waals surface area contributed by atoms with E-state index in [1.54, 1.807) is 30.3 Å². The fraction of sp³-hybridized carbons (Fsp3) is 0.105. The van der Waals surface area contributed by atoms with Gasteiger partial charge in [-0.25, -0.2) is 4.79 Å². The van der Waals surface area contributed by atoms with Crippen LogP contribution in [0.3, 0.4) is 0 Å². The van der Waals surface area contributed by atoms with Crippen LogP contribution < -0.4 is 10.1 Å². The number of para-hydroxylation sites is 1. The maximum Gasteiger partial charge on any atom is 0.344 e. The average molecular weight is 320 g/mol. The van der Waals surface area contributed by atoms with E-state index < -0.39 is 5.97 Å². The molecule has 120 valence electrons. The molecule has 0 fully saturated rings. The number of anilines is 1. The number of pyridine rings is 1. The summed E-state index contributed by atoms with van der Waals surface area (Å²) >= 11 is 0. The second kappa shape index (κ2) is 6.50. The number of aryl methyl sites for hydroxylation is 1. The molecule has 3 aromatic rings. The van der Waals surface area contributed by atoms with Gasteiger partial charge in [-0.1, -0.05) is 18.2 Å². The molecule has 5 nitrogen and oxygen atoms in total. The van der Waals surface area contributed by atoms with Gasteiger partial charge in [-0.05, 0) is 43.3 Å². The third kappa shape index (κ3) is 3.41. The lowest BCUT2D eigenvalue weighted by molar-refractivity contribution is -0.114. The van der Waals surface area contributed by atoms with Crippen molar-refractivity contribution < 1.29 is 14.3 Å². The first-order chi connectivity index (χ1) is 11.5. The second-order valence-corrected chi connectivity index (χ2v) is 5.42. The van der Waals surface area contributed by atoms with E-state index in [1.165, 1.54) is 6.92 Å². The van der Waals surface area contributed by atoms with Gasteiger partial charge >= 0.3 is 5.97 Å². The van der Waals surface area contributed by atoms with Crippen LogP contribution in [0.2, 0.25) is 0 Å². The second-order valence-electron chi connectivity index (χ2n) is 5.42. The molecular weight excluding hydrogens is 304 g/mol. The normalized spacial score (nSPS) is 10.4. The molecule has 0 unspecified atom stereocenters. The number of hydrogen-bond acceptors (Lipinski definition) is 4. The van der Waals surface area contributed by atoms with Gasteiger partial charge < -0.3 is 10.1 Å². The maximum absolute atomic E-state index is 12.5. The molecule has 0 aliphatic carbocycles. The molecule has 0 saturated carbocycles. The predicted molar refractivity (Wildman–Crippen MR) is 92.2 cm³/mol. The van der Waals surface area contributed by atoms with Crippen LogP contribution in [0, 0.1) is 6.92 Å². The van der Waals surface area contributed by atoms with Crippen molar-refractivity contribution in [3.63, 3.8) is 0 Å². The number of nitrogens with zero attached hydrogens (tertiary/aromatic N) is 1. The van der Waals surface area contributed by atoms with Crippen LogP contribution in [0.5, 0.6) is 5.75 Å². The van der Waals surface area contributed by atoms with Crippen molar-refractivity contribution in [1.82, 2.24) is 4.98 Å². The molecule has 0 bridgehead atoms. The molecule has 5 heteroatoms. The molecule has 24 heavy (non-hydrogen) atoms. The summed E-state index contributed by atoms with van der Waals surface area (Å²) in [5.74, 6) is -0.185. The largest absolute Gasteiger partial charge is 0.423 e. The van der Waals surface area contributed by atoms with E-state index in [-0.39, 0.29) is 5.91 Å². The van der Waals surface area contributed by atoms with Gasteiger partial charge in [0.05, 0.1) is 11.1 Å². The van der Waals surface area contributed by atoms with Gasteiger partial charge in [0.25, 0.3) is 0 Å². The first kappa shape index (κ1) is 15.7. The van der Waals surface area contributed by atoms with E-state index in [0.29, 0.717) is 17.0 Å². The zero-order valence-electron chi connectivity index (χ0n) is 13.4. The monoisotopic (exact) mass is 320 g/mol. The Morgan fingerprint density at radius 1 is 1.04 bits per heavy atom. The standard InChI is InChI=1S/C19H16N2O3/c1-12-11-17(16-5-3-4-6-18(16)20-12)19(23)24-15-9-7-14(8-10-15)21-13(2)22/h3-11H,1-2H3,(H,21,22). The van der Waals surface area contributed by atoms with Gasteiger partial charge in [0.2, 0.25) is 5.91 Å². The van der Waals surface area contributed by atoms with E-state index in [2.05, 4.69) is 10.3 Å². The molecule has 1 heterocycles. The van der Waals surface area contributed by atoms with Crippen LogP contribution in [0.4, 0.5) is 5.69 Å². The summed E-state index contributed by atoms with van der Waals surface area (Å²) in [5.41, 5.74) is 2.63. The molecule has 0 spiro atoms. The first-order valence-corrected chi connectivity index (χ1v) is 7.49. The van der Waals surface area contributed by atoms with Gasteiger partial charge in [0.1, 0.15) is 5.75 Å². The van der Waals surface area contributed by atoms with Gasteiger partial charge in [-0.15, -0.1) is 0 Å². The summed E-state index contributed by atoms with van der Waals surface area (Å²) in [6.45, 7) is 3.27. The number of esters is 1. The number of carbonyl (C=O) groups excluding carboxylic acids is 2. The number of hydrogen-bond donors (Lipinski definition) is 1. The third-order valence-corrected chi connectivity index (χ3v) is 3.45. The number of rotatable bonds is 3. The minimum absolute atomic E-state index is 0.154. The molecule has 0 aliphatic rings. The van der Waals surface area contributed by atoms with Gasteiger partial charge in [0.15, 0.2) is 0 Å². The SMILES string of the molecule is CC(=O)Nc1ccc(OC(=O)c2cc(C)nc3ccccc23)cc1. The van der Waals surface area contributed by atoms with Crippen molar-refractivity contribution in [3.05, 3.63) is 65.9 Å². The zero-order chi connectivity index (χ0) is 17.1. The summed E-state index contributed by atoms with van der Waals surface area (Å²) in [5, 5.41) is 3.41. The Kier molecular flexibility index (Phi) is 4.24. The molecule has 0 aliphatic heterocycles. The smallest absolute Gasteiger partial charge is 0.344 e. The molecule has 0 radical (unpaired) electrons. The molecule has 1 aromatic heterocycles. The summed E-state index contributed by atoms with van der Waals surface area (Å²) in [6.07, 6.45) is 0. The molecule has 2 aromatic carbocycles. The Morgan fingerprint density at radius 3 is 2.46 bits per heavy atom. The van der Waals surface area contributed by atoms with Crippen molar-refractivity contribution in [3.8, 4) is 5.75 Å². The van der Waals surface area contributed by atoms with E-state index in [0.717, 1.165) is 16.6 Å². The highest BCUT2D eigenvalue weighted by atomic mass is 16.5. The summed E-state index contributed by atoms with van der Waals surface area (Å²) in [7, 11) is 0. The van der Waals surface area contributed by atoms with Crippen molar-refractivity contribution in [2.75, 3.05) is 5.32 Å². The number of fused-ring (bicyclic) bond motifs is 1. The van der Waals surface area contributed by atoms with Crippen molar-refractivity contribution in [2.45, 2.75) is 13.8 Å². The molecule has 0 atom stereocenters. The number of benzene rings is 2. The fourth-order valence-corrected chi connectivity index (χ4v) is 2.45. The lowest BCUT2D eigenvalue weighted by Crippen LogP contribution is -2.10. The van der Waals surface area contributed by atoms with E-state index in [9.17, 15) is 9.59 Å². The Bertz CT molecular complexity index is 918. The van der Waals surface area contributed by atoms with E-state index in [1.807, 2.05) is 31.2 Å². The highest BCUT2D eigenvalue weighted by Gasteiger charge is 2.14. The molecule has 1 N–H and O–H groups in total. The number of aromatic nitrogens is 1. The Labute approximate surface area is 139 Å². The van der Waals surface area contributed by atoms with Crippen LogP contribution in [0.1, 0.15) is 23.0 Å². The number of ether oxygens (including phenoxy) is 1. The van der Waals surface area contributed by atoms with Crippen LogP contribution >= 0.6 is 0 Å². The summed E-state index contributed by atoms with van der Waals surface area (Å²) < 4.78 is 5.44. The minimum Gasteiger partial charge on any atom is -0.423 e. The number of nitrogens with one attached hydrogen (secondary N) is 1. The lowest BCUT2D eigenvalue weighted by Gasteiger charge is -2.09. The highest BCUT2D eigenvalue weighted by molar-refractivity contribution is 6.04. The summed E-state index contributed by atoms with van der Waals surface area (Å²) in [4.78, 5) is 28.0. The fourth-order valence-electron chi connectivity index (χ4n) is 2.45. The third-order valence-electron chi connectivity index (χ3n) is 3.45. The minimum atomic E-state index is -0.441. The Morgan fingerprint density at radius 2 is 1.75 bits per heavy atom. The van der Waals surface area contributed by atoms with Crippen molar-refractivity contribution >= 4 is 28.5 Å². The van der Waals surface area contributed by atoms with Crippen molar-refractivity contribution in [1.29, 1.82) is 0 Å². The predicted octanol–water partition coefficient (Wildman–Crippen LogP) is 3.72. The lowest BCUT2D eigenvalue weighted by atomic mass is 10.1. The van der Waals surface area contributed by atoms with Crippen LogP contribution in [0.25, 0.3) is 10.9 Å². The highest BCUT2D eigenvalue weighted by Crippen LogP contribution is 2.21. The quantitative estimate of drug-likeness (QED) is 0.590. The van der Waals surface area contributed by atoms with Gasteiger partial charge in [-0.2, -0.15) is 0 Å². The maximum atomic E-state index is 12.5. The van der Waals surface area contributed by atoms with Gasteiger partial charge in [-0.3, -0.25) is 9.78 Å². The summed E-state index contributed by atoms with van der Waals surface area (Å²) in [6, 6.07) is 15.8. The molecular formula is C19H16N2O3. The molecule has 0 saturated heterocycles. The molecule has 1 amide bonds. The zero-order valence-corrected chi connectivity index (χ0v) is 13.4. The first-order valence-electron chi connectivity index (χ1n) is 7.49. The van der Waals surface area contributed by atoms with Crippen molar-refractivity contribution in [2.24, 2.45) is 0 Å². The number of carbonyl (C=O) groups is 2. The Balaban J connectivity index is 1.86. The van der Waals surface area contributed by atoms with Gasteiger partial charge in [0, 0.05) is 23.7 Å². The van der Waals surface area contributed by atoms with Crippen LogP contribution in [-0.4, -0.2) is 16.9 Å². The van der Waals surface area contributed by atoms with Crippen LogP contribution in [-0.2, 0) is 4.79 Å². The topological polar surface area (TPSA) is 68.3 Å². The average Bonchev–Trinajstić information content (AvgIpc) is 2.55. The Hall–Kier alpha value is -3.21. The van der Waals surface area contributed by atoms with E-state index >= 15 is 0 Å². The van der Waals surface area contributed by atoms with E-state index in [4.69, 9.17) is 4.74 Å². The molecule has 3 rings (SSSR count). The van der Waals surface area contributed by atoms with Crippen LogP contribution in [0.15, 0.2) is 54.6 Å². The number of amides is 1.